The van der Waals surface area contributed by atoms with Gasteiger partial charge >= 0.3 is 0 Å². The molecule has 106 valence electrons. The lowest BCUT2D eigenvalue weighted by atomic mass is 10.00. The lowest BCUT2D eigenvalue weighted by Gasteiger charge is -2.21. The predicted molar refractivity (Wildman–Crippen MR) is 79.1 cm³/mol. The first-order valence-electron chi connectivity index (χ1n) is 6.63. The van der Waals surface area contributed by atoms with Gasteiger partial charge in [-0.15, -0.1) is 0 Å². The zero-order valence-corrected chi connectivity index (χ0v) is 12.9. The fourth-order valence-corrected chi connectivity index (χ4v) is 3.19. The SMILES string of the molecule is Cc1cc(Br)ccc1CN1CCC(O)(c2cn[nH]n2)C1. The number of rotatable bonds is 3. The Labute approximate surface area is 126 Å². The molecule has 1 aliphatic rings. The molecule has 0 spiro atoms. The number of hydrogen-bond donors (Lipinski definition) is 2. The van der Waals surface area contributed by atoms with Crippen molar-refractivity contribution in [1.82, 2.24) is 20.3 Å². The number of hydrogen-bond acceptors (Lipinski definition) is 4. The van der Waals surface area contributed by atoms with Gasteiger partial charge in [0.1, 0.15) is 11.3 Å². The van der Waals surface area contributed by atoms with Crippen molar-refractivity contribution in [1.29, 1.82) is 0 Å². The Bertz CT molecular complexity index is 601. The molecular formula is C14H17BrN4O. The van der Waals surface area contributed by atoms with E-state index in [0.29, 0.717) is 18.7 Å². The van der Waals surface area contributed by atoms with E-state index in [2.05, 4.69) is 61.4 Å². The number of β-amino-alcohol motifs (C(OH)–C–C–N with tert-alkyl or cyclic N) is 1. The molecule has 2 N–H and O–H groups in total. The summed E-state index contributed by atoms with van der Waals surface area (Å²) in [6.07, 6.45) is 2.30. The molecule has 3 rings (SSSR count). The Hall–Kier alpha value is -1.24. The number of halogens is 1. The van der Waals surface area contributed by atoms with E-state index < -0.39 is 5.60 Å². The summed E-state index contributed by atoms with van der Waals surface area (Å²) in [5.41, 5.74) is 2.30. The first-order valence-corrected chi connectivity index (χ1v) is 7.42. The number of nitrogens with zero attached hydrogens (tertiary/aromatic N) is 3. The first-order chi connectivity index (χ1) is 9.57. The summed E-state index contributed by atoms with van der Waals surface area (Å²) in [5.74, 6) is 0. The van der Waals surface area contributed by atoms with Crippen LogP contribution in [-0.4, -0.2) is 38.5 Å². The van der Waals surface area contributed by atoms with Crippen LogP contribution < -0.4 is 0 Å². The molecular weight excluding hydrogens is 320 g/mol. The monoisotopic (exact) mass is 336 g/mol. The number of aliphatic hydroxyl groups is 1. The van der Waals surface area contributed by atoms with Crippen molar-refractivity contribution in [3.8, 4) is 0 Å². The van der Waals surface area contributed by atoms with Crippen LogP contribution in [-0.2, 0) is 12.1 Å². The standard InChI is InChI=1S/C14H17BrN4O/c1-10-6-12(15)3-2-11(10)8-19-5-4-14(20,9-19)13-7-16-18-17-13/h2-3,6-7,20H,4-5,8-9H2,1H3,(H,16,17,18). The summed E-state index contributed by atoms with van der Waals surface area (Å²) in [6, 6.07) is 6.31. The highest BCUT2D eigenvalue weighted by atomic mass is 79.9. The summed E-state index contributed by atoms with van der Waals surface area (Å²) >= 11 is 3.48. The molecule has 2 aromatic rings. The van der Waals surface area contributed by atoms with Crippen LogP contribution in [0.1, 0.15) is 23.2 Å². The number of benzene rings is 1. The number of aromatic amines is 1. The lowest BCUT2D eigenvalue weighted by molar-refractivity contribution is 0.0408. The zero-order valence-electron chi connectivity index (χ0n) is 11.3. The summed E-state index contributed by atoms with van der Waals surface area (Å²) in [4.78, 5) is 2.25. The number of aromatic nitrogens is 3. The van der Waals surface area contributed by atoms with Gasteiger partial charge in [-0.25, -0.2) is 0 Å². The van der Waals surface area contributed by atoms with E-state index in [4.69, 9.17) is 0 Å². The molecule has 20 heavy (non-hydrogen) atoms. The highest BCUT2D eigenvalue weighted by molar-refractivity contribution is 9.10. The number of nitrogens with one attached hydrogen (secondary N) is 1. The Morgan fingerprint density at radius 2 is 2.35 bits per heavy atom. The van der Waals surface area contributed by atoms with Crippen molar-refractivity contribution < 1.29 is 5.11 Å². The van der Waals surface area contributed by atoms with E-state index >= 15 is 0 Å². The van der Waals surface area contributed by atoms with E-state index in [-0.39, 0.29) is 0 Å². The number of H-pyrrole nitrogens is 1. The highest BCUT2D eigenvalue weighted by Crippen LogP contribution is 2.31. The molecule has 2 heterocycles. The smallest absolute Gasteiger partial charge is 0.124 e. The van der Waals surface area contributed by atoms with Gasteiger partial charge in [0.2, 0.25) is 0 Å². The first kappa shape index (κ1) is 13.7. The number of likely N-dealkylation sites (tertiary alicyclic amines) is 1. The Morgan fingerprint density at radius 1 is 1.50 bits per heavy atom. The van der Waals surface area contributed by atoms with Gasteiger partial charge in [-0.1, -0.05) is 22.0 Å². The molecule has 1 atom stereocenters. The molecule has 1 fully saturated rings. The normalized spacial score (nSPS) is 23.4. The van der Waals surface area contributed by atoms with Crippen LogP contribution in [0, 0.1) is 6.92 Å². The lowest BCUT2D eigenvalue weighted by Crippen LogP contribution is -2.31. The minimum Gasteiger partial charge on any atom is -0.382 e. The average Bonchev–Trinajstić information content (AvgIpc) is 3.03. The summed E-state index contributed by atoms with van der Waals surface area (Å²) in [5, 5.41) is 21.0. The van der Waals surface area contributed by atoms with E-state index in [1.807, 2.05) is 0 Å². The molecule has 0 aliphatic carbocycles. The van der Waals surface area contributed by atoms with Gasteiger partial charge in [0.25, 0.3) is 0 Å². The van der Waals surface area contributed by atoms with Crippen LogP contribution in [0.3, 0.4) is 0 Å². The van der Waals surface area contributed by atoms with E-state index in [1.54, 1.807) is 6.20 Å². The Morgan fingerprint density at radius 3 is 3.05 bits per heavy atom. The third kappa shape index (κ3) is 2.63. The molecule has 1 aliphatic heterocycles. The molecule has 0 bridgehead atoms. The molecule has 0 radical (unpaired) electrons. The van der Waals surface area contributed by atoms with Crippen molar-refractivity contribution in [2.75, 3.05) is 13.1 Å². The predicted octanol–water partition coefficient (Wildman–Crippen LogP) is 1.97. The van der Waals surface area contributed by atoms with Crippen molar-refractivity contribution in [2.24, 2.45) is 0 Å². The van der Waals surface area contributed by atoms with Gasteiger partial charge in [0, 0.05) is 24.1 Å². The molecule has 0 amide bonds. The van der Waals surface area contributed by atoms with Crippen molar-refractivity contribution in [3.05, 3.63) is 45.7 Å². The largest absolute Gasteiger partial charge is 0.382 e. The molecule has 1 aromatic carbocycles. The highest BCUT2D eigenvalue weighted by Gasteiger charge is 2.39. The molecule has 5 nitrogen and oxygen atoms in total. The Kier molecular flexibility index (Phi) is 3.62. The van der Waals surface area contributed by atoms with Gasteiger partial charge in [-0.3, -0.25) is 4.90 Å². The second-order valence-corrected chi connectivity index (χ2v) is 6.33. The van der Waals surface area contributed by atoms with Crippen molar-refractivity contribution >= 4 is 15.9 Å². The van der Waals surface area contributed by atoms with Crippen LogP contribution in [0.2, 0.25) is 0 Å². The Balaban J connectivity index is 1.72. The van der Waals surface area contributed by atoms with Crippen LogP contribution in [0.5, 0.6) is 0 Å². The van der Waals surface area contributed by atoms with Crippen LogP contribution >= 0.6 is 15.9 Å². The minimum atomic E-state index is -0.879. The fourth-order valence-electron chi connectivity index (χ4n) is 2.72. The fraction of sp³-hybridized carbons (Fsp3) is 0.429. The third-order valence-corrected chi connectivity index (χ3v) is 4.41. The van der Waals surface area contributed by atoms with E-state index in [9.17, 15) is 5.11 Å². The van der Waals surface area contributed by atoms with Crippen LogP contribution in [0.4, 0.5) is 0 Å². The summed E-state index contributed by atoms with van der Waals surface area (Å²) in [6.45, 7) is 4.41. The second kappa shape index (κ2) is 5.27. The van der Waals surface area contributed by atoms with Crippen molar-refractivity contribution in [2.45, 2.75) is 25.5 Å². The minimum absolute atomic E-state index is 0.592. The maximum Gasteiger partial charge on any atom is 0.124 e. The van der Waals surface area contributed by atoms with Crippen LogP contribution in [0.15, 0.2) is 28.9 Å². The molecule has 0 saturated carbocycles. The summed E-state index contributed by atoms with van der Waals surface area (Å²) < 4.78 is 1.10. The quantitative estimate of drug-likeness (QED) is 0.899. The average molecular weight is 337 g/mol. The van der Waals surface area contributed by atoms with Crippen molar-refractivity contribution in [3.63, 3.8) is 0 Å². The summed E-state index contributed by atoms with van der Waals surface area (Å²) in [7, 11) is 0. The van der Waals surface area contributed by atoms with Gasteiger partial charge in [0.05, 0.1) is 6.20 Å². The van der Waals surface area contributed by atoms with E-state index in [1.165, 1.54) is 11.1 Å². The molecule has 6 heteroatoms. The van der Waals surface area contributed by atoms with E-state index in [0.717, 1.165) is 17.6 Å². The molecule has 1 unspecified atom stereocenters. The van der Waals surface area contributed by atoms with Gasteiger partial charge in [-0.05, 0) is 36.6 Å². The topological polar surface area (TPSA) is 65.0 Å². The zero-order chi connectivity index (χ0) is 14.2. The van der Waals surface area contributed by atoms with Gasteiger partial charge in [-0.2, -0.15) is 15.4 Å². The maximum absolute atomic E-state index is 10.6. The maximum atomic E-state index is 10.6. The molecule has 1 saturated heterocycles. The second-order valence-electron chi connectivity index (χ2n) is 5.42. The third-order valence-electron chi connectivity index (χ3n) is 3.92. The number of aryl methyl sites for hydroxylation is 1. The van der Waals surface area contributed by atoms with Crippen LogP contribution in [0.25, 0.3) is 0 Å². The van der Waals surface area contributed by atoms with Gasteiger partial charge < -0.3 is 5.11 Å². The van der Waals surface area contributed by atoms with Gasteiger partial charge in [0.15, 0.2) is 0 Å². The molecule has 1 aromatic heterocycles.